The number of pyridine rings is 1. The van der Waals surface area contributed by atoms with Gasteiger partial charge in [-0.05, 0) is 25.0 Å². The number of anilines is 1. The summed E-state index contributed by atoms with van der Waals surface area (Å²) in [5.41, 5.74) is 1.53. The number of hydrogen-bond donors (Lipinski definition) is 1. The highest BCUT2D eigenvalue weighted by atomic mass is 16.1. The molecule has 102 valence electrons. The highest BCUT2D eigenvalue weighted by Crippen LogP contribution is 2.19. The van der Waals surface area contributed by atoms with Crippen LogP contribution in [0.15, 0.2) is 18.3 Å². The quantitative estimate of drug-likeness (QED) is 0.835. The highest BCUT2D eigenvalue weighted by Gasteiger charge is 2.20. The first-order valence-electron chi connectivity index (χ1n) is 6.55. The first-order valence-corrected chi connectivity index (χ1v) is 6.55. The zero-order chi connectivity index (χ0) is 13.8. The summed E-state index contributed by atoms with van der Waals surface area (Å²) in [5.74, 6) is 0.0156. The third-order valence-corrected chi connectivity index (χ3v) is 3.38. The van der Waals surface area contributed by atoms with Gasteiger partial charge in [-0.25, -0.2) is 0 Å². The number of carbonyl (C=O) groups excluding carboxylic acids is 2. The Morgan fingerprint density at radius 3 is 2.42 bits per heavy atom. The lowest BCUT2D eigenvalue weighted by Gasteiger charge is -2.33. The Labute approximate surface area is 113 Å². The molecule has 2 rings (SSSR count). The first kappa shape index (κ1) is 13.5. The Hall–Kier alpha value is -1.91. The number of rotatable bonds is 3. The molecule has 0 bridgehead atoms. The monoisotopic (exact) mass is 261 g/mol. The van der Waals surface area contributed by atoms with Gasteiger partial charge in [0.1, 0.15) is 5.69 Å². The molecule has 5 heteroatoms. The van der Waals surface area contributed by atoms with E-state index in [1.54, 1.807) is 19.2 Å². The van der Waals surface area contributed by atoms with Crippen molar-refractivity contribution in [2.24, 2.45) is 0 Å². The number of aromatic nitrogens is 1. The highest BCUT2D eigenvalue weighted by molar-refractivity contribution is 5.92. The van der Waals surface area contributed by atoms with Crippen molar-refractivity contribution in [2.75, 3.05) is 18.0 Å². The molecule has 1 aliphatic heterocycles. The molecule has 1 amide bonds. The Bertz CT molecular complexity index is 462. The fourth-order valence-electron chi connectivity index (χ4n) is 2.35. The summed E-state index contributed by atoms with van der Waals surface area (Å²) < 4.78 is 0. The summed E-state index contributed by atoms with van der Waals surface area (Å²) in [4.78, 5) is 28.6. The van der Waals surface area contributed by atoms with Crippen molar-refractivity contribution in [1.29, 1.82) is 0 Å². The predicted octanol–water partition coefficient (Wildman–Crippen LogP) is 1.39. The van der Waals surface area contributed by atoms with Gasteiger partial charge in [0.05, 0.1) is 11.9 Å². The van der Waals surface area contributed by atoms with E-state index in [0.717, 1.165) is 31.6 Å². The largest absolute Gasteiger partial charge is 0.370 e. The lowest BCUT2D eigenvalue weighted by atomic mass is 10.0. The van der Waals surface area contributed by atoms with Crippen LogP contribution in [-0.4, -0.2) is 35.8 Å². The number of hydrogen-bond acceptors (Lipinski definition) is 4. The van der Waals surface area contributed by atoms with Gasteiger partial charge in [-0.1, -0.05) is 0 Å². The Balaban J connectivity index is 1.94. The van der Waals surface area contributed by atoms with Crippen LogP contribution >= 0.6 is 0 Å². The molecule has 0 spiro atoms. The van der Waals surface area contributed by atoms with Gasteiger partial charge in [0.25, 0.3) is 0 Å². The molecule has 1 aromatic rings. The summed E-state index contributed by atoms with van der Waals surface area (Å²) >= 11 is 0. The van der Waals surface area contributed by atoms with Crippen LogP contribution in [0.1, 0.15) is 37.2 Å². The van der Waals surface area contributed by atoms with Crippen molar-refractivity contribution in [3.8, 4) is 0 Å². The zero-order valence-electron chi connectivity index (χ0n) is 11.3. The van der Waals surface area contributed by atoms with E-state index in [4.69, 9.17) is 0 Å². The SMILES string of the molecule is CC(=O)NC1CCN(c2ccc(C(C)=O)nc2)CC1. The van der Waals surface area contributed by atoms with Crippen LogP contribution < -0.4 is 10.2 Å². The zero-order valence-corrected chi connectivity index (χ0v) is 11.3. The second-order valence-corrected chi connectivity index (χ2v) is 4.92. The minimum atomic E-state index is -0.0177. The number of nitrogens with zero attached hydrogens (tertiary/aromatic N) is 2. The Kier molecular flexibility index (Phi) is 4.14. The Morgan fingerprint density at radius 2 is 1.95 bits per heavy atom. The molecule has 1 aliphatic rings. The number of Topliss-reactive ketones (excluding diaryl/α,β-unsaturated/α-hetero) is 1. The fourth-order valence-corrected chi connectivity index (χ4v) is 2.35. The third kappa shape index (κ3) is 3.53. The number of nitrogens with one attached hydrogen (secondary N) is 1. The number of carbonyl (C=O) groups is 2. The molecule has 1 aromatic heterocycles. The van der Waals surface area contributed by atoms with Gasteiger partial charge in [0.15, 0.2) is 5.78 Å². The van der Waals surface area contributed by atoms with Crippen LogP contribution in [0, 0.1) is 0 Å². The Morgan fingerprint density at radius 1 is 1.26 bits per heavy atom. The minimum Gasteiger partial charge on any atom is -0.370 e. The molecule has 0 aliphatic carbocycles. The van der Waals surface area contributed by atoms with E-state index in [9.17, 15) is 9.59 Å². The smallest absolute Gasteiger partial charge is 0.217 e. The van der Waals surface area contributed by atoms with Gasteiger partial charge in [-0.15, -0.1) is 0 Å². The molecule has 19 heavy (non-hydrogen) atoms. The second-order valence-electron chi connectivity index (χ2n) is 4.92. The molecule has 1 fully saturated rings. The molecule has 0 saturated carbocycles. The number of piperidine rings is 1. The van der Waals surface area contributed by atoms with E-state index < -0.39 is 0 Å². The molecule has 1 N–H and O–H groups in total. The third-order valence-electron chi connectivity index (χ3n) is 3.38. The van der Waals surface area contributed by atoms with Crippen LogP contribution in [0.4, 0.5) is 5.69 Å². The van der Waals surface area contributed by atoms with Crippen LogP contribution in [0.3, 0.4) is 0 Å². The maximum Gasteiger partial charge on any atom is 0.217 e. The summed E-state index contributed by atoms with van der Waals surface area (Å²) in [7, 11) is 0. The maximum atomic E-state index is 11.2. The van der Waals surface area contributed by atoms with Crippen LogP contribution in [0.5, 0.6) is 0 Å². The van der Waals surface area contributed by atoms with Gasteiger partial charge in [0, 0.05) is 33.0 Å². The lowest BCUT2D eigenvalue weighted by Crippen LogP contribution is -2.44. The van der Waals surface area contributed by atoms with Gasteiger partial charge in [-0.2, -0.15) is 0 Å². The van der Waals surface area contributed by atoms with Gasteiger partial charge < -0.3 is 10.2 Å². The summed E-state index contributed by atoms with van der Waals surface area (Å²) in [6, 6.07) is 3.97. The minimum absolute atomic E-state index is 0.0177. The van der Waals surface area contributed by atoms with Crippen molar-refractivity contribution in [3.63, 3.8) is 0 Å². The maximum absolute atomic E-state index is 11.2. The summed E-state index contributed by atoms with van der Waals surface area (Å²) in [5, 5.41) is 2.95. The molecule has 0 unspecified atom stereocenters. The van der Waals surface area contributed by atoms with Crippen LogP contribution in [0.2, 0.25) is 0 Å². The average molecular weight is 261 g/mol. The molecule has 0 radical (unpaired) electrons. The van der Waals surface area contributed by atoms with Crippen molar-refractivity contribution in [3.05, 3.63) is 24.0 Å². The van der Waals surface area contributed by atoms with E-state index in [1.807, 2.05) is 6.07 Å². The van der Waals surface area contributed by atoms with Crippen molar-refractivity contribution in [1.82, 2.24) is 10.3 Å². The fraction of sp³-hybridized carbons (Fsp3) is 0.500. The van der Waals surface area contributed by atoms with Crippen molar-refractivity contribution >= 4 is 17.4 Å². The normalized spacial score (nSPS) is 16.2. The van der Waals surface area contributed by atoms with Crippen molar-refractivity contribution < 1.29 is 9.59 Å². The molecular weight excluding hydrogens is 242 g/mol. The van der Waals surface area contributed by atoms with Crippen molar-refractivity contribution in [2.45, 2.75) is 32.7 Å². The lowest BCUT2D eigenvalue weighted by molar-refractivity contribution is -0.119. The molecule has 1 saturated heterocycles. The van der Waals surface area contributed by atoms with E-state index in [2.05, 4.69) is 15.2 Å². The second kappa shape index (κ2) is 5.82. The first-order chi connectivity index (χ1) is 9.06. The summed E-state index contributed by atoms with van der Waals surface area (Å²) in [6.07, 6.45) is 3.62. The molecular formula is C14H19N3O2. The average Bonchev–Trinajstić information content (AvgIpc) is 2.39. The van der Waals surface area contributed by atoms with Crippen LogP contribution in [0.25, 0.3) is 0 Å². The molecule has 0 aromatic carbocycles. The summed E-state index contributed by atoms with van der Waals surface area (Å²) in [6.45, 7) is 4.86. The van der Waals surface area contributed by atoms with E-state index in [0.29, 0.717) is 5.69 Å². The molecule has 2 heterocycles. The number of amides is 1. The number of ketones is 1. The van der Waals surface area contributed by atoms with Gasteiger partial charge in [0.2, 0.25) is 5.91 Å². The van der Waals surface area contributed by atoms with Gasteiger partial charge in [-0.3, -0.25) is 14.6 Å². The topological polar surface area (TPSA) is 62.3 Å². The molecule has 5 nitrogen and oxygen atoms in total. The van der Waals surface area contributed by atoms with E-state index in [1.165, 1.54) is 6.92 Å². The van der Waals surface area contributed by atoms with Gasteiger partial charge >= 0.3 is 0 Å². The van der Waals surface area contributed by atoms with E-state index in [-0.39, 0.29) is 17.7 Å². The van der Waals surface area contributed by atoms with E-state index >= 15 is 0 Å². The predicted molar refractivity (Wildman–Crippen MR) is 73.3 cm³/mol. The molecule has 0 atom stereocenters. The standard InChI is InChI=1S/C14H19N3O2/c1-10(18)14-4-3-13(9-15-14)17-7-5-12(6-8-17)16-11(2)19/h3-4,9,12H,5-8H2,1-2H3,(H,16,19). The van der Waals surface area contributed by atoms with Crippen LogP contribution in [-0.2, 0) is 4.79 Å².